The summed E-state index contributed by atoms with van der Waals surface area (Å²) in [6, 6.07) is 1.93. The van der Waals surface area contributed by atoms with Gasteiger partial charge in [-0.3, -0.25) is 0 Å². The van der Waals surface area contributed by atoms with Crippen LogP contribution in [-0.4, -0.2) is 22.1 Å². The van der Waals surface area contributed by atoms with Gasteiger partial charge in [-0.25, -0.2) is 4.98 Å². The lowest BCUT2D eigenvalue weighted by atomic mass is 9.78. The van der Waals surface area contributed by atoms with Gasteiger partial charge in [-0.2, -0.15) is 4.98 Å². The third kappa shape index (κ3) is 2.62. The van der Waals surface area contributed by atoms with E-state index in [2.05, 4.69) is 34.4 Å². The zero-order valence-corrected chi connectivity index (χ0v) is 10.1. The lowest BCUT2D eigenvalue weighted by molar-refractivity contribution is 0.306. The van der Waals surface area contributed by atoms with Crippen LogP contribution in [0.3, 0.4) is 0 Å². The highest BCUT2D eigenvalue weighted by molar-refractivity contribution is 5.42. The maximum atomic E-state index is 4.44. The number of nitrogens with zero attached hydrogens (tertiary/aromatic N) is 2. The predicted molar refractivity (Wildman–Crippen MR) is 66.7 cm³/mol. The van der Waals surface area contributed by atoms with E-state index >= 15 is 0 Å². The molecule has 0 aromatic carbocycles. The topological polar surface area (TPSA) is 49.8 Å². The van der Waals surface area contributed by atoms with Crippen molar-refractivity contribution in [1.29, 1.82) is 0 Å². The first kappa shape index (κ1) is 11.2. The summed E-state index contributed by atoms with van der Waals surface area (Å²) in [5.74, 6) is 1.64. The zero-order chi connectivity index (χ0) is 11.4. The van der Waals surface area contributed by atoms with Crippen molar-refractivity contribution in [2.45, 2.75) is 45.1 Å². The number of hydrogen-bond acceptors (Lipinski definition) is 4. The molecule has 0 aliphatic heterocycles. The van der Waals surface area contributed by atoms with Crippen molar-refractivity contribution in [1.82, 2.24) is 9.97 Å². The van der Waals surface area contributed by atoms with Crippen LogP contribution in [0, 0.1) is 0 Å². The molecule has 1 aromatic heterocycles. The van der Waals surface area contributed by atoms with Crippen molar-refractivity contribution in [3.63, 3.8) is 0 Å². The van der Waals surface area contributed by atoms with E-state index in [0.29, 0.717) is 0 Å². The molecular formula is C12H20N4. The average molecular weight is 220 g/mol. The molecule has 1 aliphatic carbocycles. The summed E-state index contributed by atoms with van der Waals surface area (Å²) in [5, 5.41) is 6.67. The van der Waals surface area contributed by atoms with Crippen molar-refractivity contribution < 1.29 is 0 Å². The minimum Gasteiger partial charge on any atom is -0.365 e. The molecule has 1 saturated carbocycles. The molecule has 0 unspecified atom stereocenters. The number of hydrogen-bond donors (Lipinski definition) is 2. The molecule has 0 bridgehead atoms. The van der Waals surface area contributed by atoms with Crippen LogP contribution in [0.1, 0.15) is 39.5 Å². The lowest BCUT2D eigenvalue weighted by Crippen LogP contribution is -2.41. The van der Waals surface area contributed by atoms with Crippen molar-refractivity contribution in [3.8, 4) is 0 Å². The maximum Gasteiger partial charge on any atom is 0.224 e. The highest BCUT2D eigenvalue weighted by Gasteiger charge is 2.31. The molecule has 88 valence electrons. The maximum absolute atomic E-state index is 4.44. The van der Waals surface area contributed by atoms with Gasteiger partial charge in [-0.05, 0) is 38.7 Å². The molecule has 1 aromatic rings. The Kier molecular flexibility index (Phi) is 3.27. The highest BCUT2D eigenvalue weighted by Crippen LogP contribution is 2.34. The minimum absolute atomic E-state index is 0.246. The van der Waals surface area contributed by atoms with Gasteiger partial charge < -0.3 is 10.6 Å². The molecule has 0 saturated heterocycles. The molecule has 4 heteroatoms. The van der Waals surface area contributed by atoms with Gasteiger partial charge in [0, 0.05) is 18.3 Å². The predicted octanol–water partition coefficient (Wildman–Crippen LogP) is 2.65. The van der Waals surface area contributed by atoms with Crippen molar-refractivity contribution >= 4 is 11.8 Å². The van der Waals surface area contributed by atoms with Gasteiger partial charge >= 0.3 is 0 Å². The third-order valence-electron chi connectivity index (χ3n) is 3.08. The van der Waals surface area contributed by atoms with Crippen molar-refractivity contribution in [2.24, 2.45) is 0 Å². The van der Waals surface area contributed by atoms with Crippen LogP contribution in [0.5, 0.6) is 0 Å². The standard InChI is InChI=1S/C12H20N4/c1-3-8-13-11-14-9-5-10(15-11)16-12(2)6-4-7-12/h5,9H,3-4,6-8H2,1-2H3,(H2,13,14,15,16). The van der Waals surface area contributed by atoms with Crippen molar-refractivity contribution in [3.05, 3.63) is 12.3 Å². The first-order valence-corrected chi connectivity index (χ1v) is 6.07. The van der Waals surface area contributed by atoms with Gasteiger partial charge in [0.1, 0.15) is 5.82 Å². The van der Waals surface area contributed by atoms with Gasteiger partial charge in [0.2, 0.25) is 5.95 Å². The summed E-state index contributed by atoms with van der Waals surface area (Å²) in [5.41, 5.74) is 0.246. The fourth-order valence-corrected chi connectivity index (χ4v) is 1.89. The largest absolute Gasteiger partial charge is 0.365 e. The van der Waals surface area contributed by atoms with E-state index in [4.69, 9.17) is 0 Å². The lowest BCUT2D eigenvalue weighted by Gasteiger charge is -2.39. The number of anilines is 2. The second kappa shape index (κ2) is 4.68. The van der Waals surface area contributed by atoms with E-state index in [1.165, 1.54) is 19.3 Å². The Bertz CT molecular complexity index is 347. The second-order valence-corrected chi connectivity index (χ2v) is 4.73. The Morgan fingerprint density at radius 1 is 1.44 bits per heavy atom. The Hall–Kier alpha value is -1.32. The monoisotopic (exact) mass is 220 g/mol. The quantitative estimate of drug-likeness (QED) is 0.801. The van der Waals surface area contributed by atoms with Crippen LogP contribution in [0.4, 0.5) is 11.8 Å². The molecule has 0 atom stereocenters. The van der Waals surface area contributed by atoms with E-state index < -0.39 is 0 Å². The molecule has 0 spiro atoms. The molecule has 0 radical (unpaired) electrons. The van der Waals surface area contributed by atoms with E-state index in [9.17, 15) is 0 Å². The van der Waals surface area contributed by atoms with E-state index in [-0.39, 0.29) is 5.54 Å². The summed E-state index contributed by atoms with van der Waals surface area (Å²) in [4.78, 5) is 8.63. The van der Waals surface area contributed by atoms with Gasteiger partial charge in [-0.1, -0.05) is 6.92 Å². The molecule has 0 amide bonds. The summed E-state index contributed by atoms with van der Waals surface area (Å²) < 4.78 is 0. The van der Waals surface area contributed by atoms with Crippen LogP contribution < -0.4 is 10.6 Å². The zero-order valence-electron chi connectivity index (χ0n) is 10.1. The van der Waals surface area contributed by atoms with Gasteiger partial charge in [-0.15, -0.1) is 0 Å². The molecule has 1 aliphatic rings. The fraction of sp³-hybridized carbons (Fsp3) is 0.667. The number of aromatic nitrogens is 2. The average Bonchev–Trinajstić information content (AvgIpc) is 2.25. The van der Waals surface area contributed by atoms with E-state index in [1.807, 2.05) is 6.07 Å². The second-order valence-electron chi connectivity index (χ2n) is 4.73. The Labute approximate surface area is 96.9 Å². The third-order valence-corrected chi connectivity index (χ3v) is 3.08. The molecule has 16 heavy (non-hydrogen) atoms. The number of nitrogens with one attached hydrogen (secondary N) is 2. The summed E-state index contributed by atoms with van der Waals surface area (Å²) >= 11 is 0. The molecule has 1 fully saturated rings. The smallest absolute Gasteiger partial charge is 0.224 e. The fourth-order valence-electron chi connectivity index (χ4n) is 1.89. The molecule has 4 nitrogen and oxygen atoms in total. The summed E-state index contributed by atoms with van der Waals surface area (Å²) in [6.07, 6.45) is 6.66. The highest BCUT2D eigenvalue weighted by atomic mass is 15.2. The summed E-state index contributed by atoms with van der Waals surface area (Å²) in [6.45, 7) is 5.29. The molecular weight excluding hydrogens is 200 g/mol. The van der Waals surface area contributed by atoms with Crippen LogP contribution >= 0.6 is 0 Å². The van der Waals surface area contributed by atoms with E-state index in [1.54, 1.807) is 6.20 Å². The van der Waals surface area contributed by atoms with E-state index in [0.717, 1.165) is 24.7 Å². The molecule has 2 N–H and O–H groups in total. The normalized spacial score (nSPS) is 17.6. The first-order valence-electron chi connectivity index (χ1n) is 6.07. The SMILES string of the molecule is CCCNc1nccc(NC2(C)CCC2)n1. The first-order chi connectivity index (χ1) is 7.72. The van der Waals surface area contributed by atoms with Gasteiger partial charge in [0.05, 0.1) is 0 Å². The minimum atomic E-state index is 0.246. The van der Waals surface area contributed by atoms with Gasteiger partial charge in [0.25, 0.3) is 0 Å². The number of rotatable bonds is 5. The van der Waals surface area contributed by atoms with Crippen LogP contribution in [0.15, 0.2) is 12.3 Å². The van der Waals surface area contributed by atoms with Crippen LogP contribution in [0.2, 0.25) is 0 Å². The Morgan fingerprint density at radius 2 is 2.25 bits per heavy atom. The summed E-state index contributed by atoms with van der Waals surface area (Å²) in [7, 11) is 0. The Morgan fingerprint density at radius 3 is 2.88 bits per heavy atom. The van der Waals surface area contributed by atoms with Crippen molar-refractivity contribution in [2.75, 3.05) is 17.2 Å². The molecule has 1 heterocycles. The molecule has 2 rings (SSSR count). The Balaban J connectivity index is 1.98. The van der Waals surface area contributed by atoms with Crippen LogP contribution in [0.25, 0.3) is 0 Å². The van der Waals surface area contributed by atoms with Gasteiger partial charge in [0.15, 0.2) is 0 Å². The van der Waals surface area contributed by atoms with Crippen LogP contribution in [-0.2, 0) is 0 Å².